The molecule has 2 saturated heterocycles. The standard InChI is InChI=1S/C20H25N5O2.C2HF3O2/c1-27-14-16-13-20(15-25(16)19-22-9-4-10-23-19)6-11-24(12-7-20)18(26)17-5-2-3-8-21-17;3-2(4,5)1(6)7/h2-5,8-10,16H,6-7,11-15H2,1H3;(H,6,7). The van der Waals surface area contributed by atoms with Gasteiger partial charge in [-0.3, -0.25) is 9.78 Å². The van der Waals surface area contributed by atoms with Crippen molar-refractivity contribution in [2.45, 2.75) is 31.5 Å². The molecule has 9 nitrogen and oxygen atoms in total. The minimum atomic E-state index is -5.08. The van der Waals surface area contributed by atoms with E-state index in [-0.39, 0.29) is 17.4 Å². The zero-order valence-electron chi connectivity index (χ0n) is 18.6. The SMILES string of the molecule is COCC1CC2(CCN(C(=O)c3ccccn3)CC2)CN1c1ncccn1.O=C(O)C(F)(F)F. The predicted molar refractivity (Wildman–Crippen MR) is 115 cm³/mol. The Bertz CT molecular complexity index is 954. The monoisotopic (exact) mass is 481 g/mol. The number of likely N-dealkylation sites (tertiary alicyclic amines) is 1. The summed E-state index contributed by atoms with van der Waals surface area (Å²) < 4.78 is 37.2. The van der Waals surface area contributed by atoms with Crippen LogP contribution in [0.25, 0.3) is 0 Å². The highest BCUT2D eigenvalue weighted by molar-refractivity contribution is 5.92. The normalized spacial score (nSPS) is 19.5. The maximum Gasteiger partial charge on any atom is 0.490 e. The molecule has 0 aromatic carbocycles. The molecule has 184 valence electrons. The van der Waals surface area contributed by atoms with Crippen molar-refractivity contribution in [2.24, 2.45) is 5.41 Å². The Labute approximate surface area is 194 Å². The Balaban J connectivity index is 0.000000406. The number of carbonyl (C=O) groups is 2. The Morgan fingerprint density at radius 1 is 1.12 bits per heavy atom. The van der Waals surface area contributed by atoms with Crippen molar-refractivity contribution in [1.29, 1.82) is 0 Å². The molecule has 4 heterocycles. The maximum atomic E-state index is 12.7. The summed E-state index contributed by atoms with van der Waals surface area (Å²) in [5.41, 5.74) is 0.708. The number of hydrogen-bond donors (Lipinski definition) is 1. The van der Waals surface area contributed by atoms with Crippen LogP contribution >= 0.6 is 0 Å². The molecular formula is C22H26F3N5O4. The average Bonchev–Trinajstić information content (AvgIpc) is 3.18. The van der Waals surface area contributed by atoms with Crippen molar-refractivity contribution in [1.82, 2.24) is 19.9 Å². The van der Waals surface area contributed by atoms with E-state index in [2.05, 4.69) is 19.9 Å². The number of hydrogen-bond acceptors (Lipinski definition) is 7. The van der Waals surface area contributed by atoms with Gasteiger partial charge in [0.2, 0.25) is 5.95 Å². The molecule has 0 aliphatic carbocycles. The van der Waals surface area contributed by atoms with Gasteiger partial charge >= 0.3 is 12.1 Å². The first-order valence-electron chi connectivity index (χ1n) is 10.7. The summed E-state index contributed by atoms with van der Waals surface area (Å²) in [6, 6.07) is 7.58. The number of carboxylic acid groups (broad SMARTS) is 1. The molecule has 2 aliphatic heterocycles. The van der Waals surface area contributed by atoms with Crippen molar-refractivity contribution in [3.8, 4) is 0 Å². The minimum absolute atomic E-state index is 0.0279. The van der Waals surface area contributed by atoms with Crippen LogP contribution in [0.15, 0.2) is 42.9 Å². The molecule has 1 N–H and O–H groups in total. The Hall–Kier alpha value is -3.28. The fraction of sp³-hybridized carbons (Fsp3) is 0.500. The summed E-state index contributed by atoms with van der Waals surface area (Å²) in [6.07, 6.45) is 3.16. The first-order chi connectivity index (χ1) is 16.1. The number of nitrogens with zero attached hydrogens (tertiary/aromatic N) is 5. The smallest absolute Gasteiger partial charge is 0.475 e. The van der Waals surface area contributed by atoms with E-state index in [0.29, 0.717) is 12.3 Å². The highest BCUT2D eigenvalue weighted by Gasteiger charge is 2.47. The van der Waals surface area contributed by atoms with Gasteiger partial charge in [0.1, 0.15) is 5.69 Å². The van der Waals surface area contributed by atoms with Crippen molar-refractivity contribution in [3.05, 3.63) is 48.5 Å². The topological polar surface area (TPSA) is 109 Å². The van der Waals surface area contributed by atoms with Crippen LogP contribution in [0.5, 0.6) is 0 Å². The highest BCUT2D eigenvalue weighted by Crippen LogP contribution is 2.44. The van der Waals surface area contributed by atoms with Gasteiger partial charge in [0.25, 0.3) is 5.91 Å². The maximum absolute atomic E-state index is 12.7. The molecule has 12 heteroatoms. The van der Waals surface area contributed by atoms with Crippen LogP contribution in [0, 0.1) is 5.41 Å². The van der Waals surface area contributed by atoms with Crippen molar-refractivity contribution < 1.29 is 32.6 Å². The van der Waals surface area contributed by atoms with Crippen molar-refractivity contribution >= 4 is 17.8 Å². The number of carboxylic acids is 1. The Morgan fingerprint density at radius 2 is 1.74 bits per heavy atom. The van der Waals surface area contributed by atoms with E-state index < -0.39 is 12.1 Å². The fourth-order valence-electron chi connectivity index (χ4n) is 4.38. The lowest BCUT2D eigenvalue weighted by Crippen LogP contribution is -2.44. The van der Waals surface area contributed by atoms with Gasteiger partial charge in [-0.05, 0) is 42.9 Å². The third kappa shape index (κ3) is 6.19. The number of carbonyl (C=O) groups excluding carboxylic acids is 1. The number of alkyl halides is 3. The van der Waals surface area contributed by atoms with E-state index in [9.17, 15) is 18.0 Å². The van der Waals surface area contributed by atoms with Gasteiger partial charge in [0.05, 0.1) is 12.6 Å². The third-order valence-corrected chi connectivity index (χ3v) is 6.02. The first kappa shape index (κ1) is 25.3. The van der Waals surface area contributed by atoms with Gasteiger partial charge in [0, 0.05) is 45.3 Å². The molecule has 2 aromatic rings. The van der Waals surface area contributed by atoms with Gasteiger partial charge < -0.3 is 19.6 Å². The van der Waals surface area contributed by atoms with Crippen LogP contribution in [0.2, 0.25) is 0 Å². The molecule has 1 amide bonds. The van der Waals surface area contributed by atoms with Gasteiger partial charge in [-0.25, -0.2) is 14.8 Å². The van der Waals surface area contributed by atoms with Gasteiger partial charge in [-0.2, -0.15) is 13.2 Å². The molecule has 2 fully saturated rings. The number of rotatable bonds is 4. The van der Waals surface area contributed by atoms with E-state index >= 15 is 0 Å². The number of anilines is 1. The number of amides is 1. The molecular weight excluding hydrogens is 455 g/mol. The molecule has 0 saturated carbocycles. The van der Waals surface area contributed by atoms with Gasteiger partial charge in [0.15, 0.2) is 0 Å². The lowest BCUT2D eigenvalue weighted by molar-refractivity contribution is -0.192. The summed E-state index contributed by atoms with van der Waals surface area (Å²) >= 11 is 0. The number of pyridine rings is 1. The Morgan fingerprint density at radius 3 is 2.26 bits per heavy atom. The van der Waals surface area contributed by atoms with Crippen molar-refractivity contribution in [3.63, 3.8) is 0 Å². The number of piperidine rings is 1. The second-order valence-corrected chi connectivity index (χ2v) is 8.30. The second-order valence-electron chi connectivity index (χ2n) is 8.30. The Kier molecular flexibility index (Phi) is 8.02. The minimum Gasteiger partial charge on any atom is -0.475 e. The molecule has 0 radical (unpaired) electrons. The first-order valence-corrected chi connectivity index (χ1v) is 10.7. The summed E-state index contributed by atoms with van der Waals surface area (Å²) in [7, 11) is 1.74. The second kappa shape index (κ2) is 10.8. The number of aliphatic carboxylic acids is 1. The zero-order chi connectivity index (χ0) is 24.8. The molecule has 4 rings (SSSR count). The van der Waals surface area contributed by atoms with E-state index in [1.807, 2.05) is 23.1 Å². The molecule has 1 atom stereocenters. The van der Waals surface area contributed by atoms with E-state index in [1.165, 1.54) is 0 Å². The summed E-state index contributed by atoms with van der Waals surface area (Å²) in [5.74, 6) is -1.96. The molecule has 2 aromatic heterocycles. The largest absolute Gasteiger partial charge is 0.490 e. The lowest BCUT2D eigenvalue weighted by atomic mass is 9.76. The summed E-state index contributed by atoms with van der Waals surface area (Å²) in [4.78, 5) is 38.9. The van der Waals surface area contributed by atoms with Crippen LogP contribution in [-0.2, 0) is 9.53 Å². The molecule has 1 spiro atoms. The number of ether oxygens (including phenoxy) is 1. The number of methoxy groups -OCH3 is 1. The molecule has 1 unspecified atom stereocenters. The average molecular weight is 481 g/mol. The third-order valence-electron chi connectivity index (χ3n) is 6.02. The van der Waals surface area contributed by atoms with E-state index in [4.69, 9.17) is 14.6 Å². The van der Waals surface area contributed by atoms with E-state index in [0.717, 1.165) is 44.8 Å². The van der Waals surface area contributed by atoms with Gasteiger partial charge in [-0.15, -0.1) is 0 Å². The molecule has 34 heavy (non-hydrogen) atoms. The van der Waals surface area contributed by atoms with Crippen molar-refractivity contribution in [2.75, 3.05) is 38.3 Å². The quantitative estimate of drug-likeness (QED) is 0.710. The summed E-state index contributed by atoms with van der Waals surface area (Å²) in [6.45, 7) is 3.10. The number of halogens is 3. The van der Waals surface area contributed by atoms with Crippen LogP contribution in [0.1, 0.15) is 29.8 Å². The molecule has 2 aliphatic rings. The van der Waals surface area contributed by atoms with Gasteiger partial charge in [-0.1, -0.05) is 6.07 Å². The fourth-order valence-corrected chi connectivity index (χ4v) is 4.38. The summed E-state index contributed by atoms with van der Waals surface area (Å²) in [5, 5.41) is 7.12. The van der Waals surface area contributed by atoms with Crippen LogP contribution < -0.4 is 4.90 Å². The predicted octanol–water partition coefficient (Wildman–Crippen LogP) is 2.65. The van der Waals surface area contributed by atoms with Crippen LogP contribution in [0.4, 0.5) is 19.1 Å². The number of aromatic nitrogens is 3. The molecule has 0 bridgehead atoms. The van der Waals surface area contributed by atoms with E-state index in [1.54, 1.807) is 31.8 Å². The zero-order valence-corrected chi connectivity index (χ0v) is 18.6. The van der Waals surface area contributed by atoms with Crippen LogP contribution in [-0.4, -0.2) is 82.4 Å². The lowest BCUT2D eigenvalue weighted by Gasteiger charge is -2.39. The highest BCUT2D eigenvalue weighted by atomic mass is 19.4. The van der Waals surface area contributed by atoms with Crippen LogP contribution in [0.3, 0.4) is 0 Å².